The Bertz CT molecular complexity index is 1610. The molecule has 0 radical (unpaired) electrons. The van der Waals surface area contributed by atoms with Gasteiger partial charge in [0, 0.05) is 41.0 Å². The monoisotopic (exact) mass is 858 g/mol. The third-order valence-electron chi connectivity index (χ3n) is 7.12. The largest absolute Gasteiger partial charge is 3.00 e. The van der Waals surface area contributed by atoms with Crippen LogP contribution >= 0.6 is 11.8 Å². The molecule has 2 aliphatic rings. The molecule has 0 bridgehead atoms. The minimum Gasteiger partial charge on any atom is -1.00 e. The Morgan fingerprint density at radius 3 is 1.77 bits per heavy atom. The van der Waals surface area contributed by atoms with Gasteiger partial charge in [0.2, 0.25) is 11.8 Å². The molecule has 4 heterocycles. The zero-order valence-corrected chi connectivity index (χ0v) is 34.5. The summed E-state index contributed by atoms with van der Waals surface area (Å²) in [6, 6.07) is 7.78. The first-order valence-corrected chi connectivity index (χ1v) is 17.1. The maximum atomic E-state index is 12.3. The number of carboxylic acids is 1. The Hall–Kier alpha value is -4.19. The quantitative estimate of drug-likeness (QED) is 0.0964. The molecule has 2 fully saturated rings. The Kier molecular flexibility index (Phi) is 22.3. The van der Waals surface area contributed by atoms with Gasteiger partial charge in [0.25, 0.3) is 0 Å². The van der Waals surface area contributed by atoms with Crippen LogP contribution in [0.1, 0.15) is 58.8 Å². The number of hydrogen-bond donors (Lipinski definition) is 4. The van der Waals surface area contributed by atoms with Crippen LogP contribution in [0, 0.1) is 13.8 Å². The summed E-state index contributed by atoms with van der Waals surface area (Å²) in [7, 11) is 0. The van der Waals surface area contributed by atoms with Crippen molar-refractivity contribution >= 4 is 41.0 Å². The van der Waals surface area contributed by atoms with E-state index in [2.05, 4.69) is 35.2 Å². The summed E-state index contributed by atoms with van der Waals surface area (Å²) in [6.07, 6.45) is 10.2. The first-order chi connectivity index (χ1) is 24.0. The maximum Gasteiger partial charge on any atom is 3.00 e. The third kappa shape index (κ3) is 17.5. The Morgan fingerprint density at radius 2 is 1.42 bits per heavy atom. The molecular weight excluding hydrogens is 811 g/mol. The van der Waals surface area contributed by atoms with E-state index in [9.17, 15) is 29.7 Å². The van der Waals surface area contributed by atoms with E-state index in [1.165, 1.54) is 42.7 Å². The number of aromatic amines is 2. The smallest absolute Gasteiger partial charge is 1.00 e. The van der Waals surface area contributed by atoms with Crippen LogP contribution in [-0.4, -0.2) is 94.4 Å². The third-order valence-corrected chi connectivity index (χ3v) is 8.69. The molecule has 14 nitrogen and oxygen atoms in total. The topological polar surface area (TPSA) is 215 Å². The number of H-pyrrole nitrogens is 2. The van der Waals surface area contributed by atoms with Gasteiger partial charge in [-0.15, -0.1) is 23.3 Å². The number of fused-ring (bicyclic) bond motifs is 1. The number of carbonyl (C=O) groups excluding carboxylic acids is 2. The number of halogens is 1. The predicted molar refractivity (Wildman–Crippen MR) is 196 cm³/mol. The fraction of sp³-hybridized carbons (Fsp3) is 0.417. The number of nitrogens with one attached hydrogen (secondary N) is 3. The van der Waals surface area contributed by atoms with Crippen molar-refractivity contribution in [3.05, 3.63) is 96.0 Å². The van der Waals surface area contributed by atoms with Gasteiger partial charge in [0.05, 0.1) is 19.5 Å². The number of rotatable bonds is 9. The second-order valence-electron chi connectivity index (χ2n) is 12.2. The minimum atomic E-state index is -1.01. The van der Waals surface area contributed by atoms with Gasteiger partial charge in [-0.25, -0.2) is 14.8 Å². The number of benzene rings is 1. The number of hydrogen-bond acceptors (Lipinski definition) is 10. The Labute approximate surface area is 336 Å². The van der Waals surface area contributed by atoms with E-state index in [0.717, 1.165) is 17.2 Å². The van der Waals surface area contributed by atoms with Crippen molar-refractivity contribution in [1.29, 1.82) is 0 Å². The number of amides is 2. The Morgan fingerprint density at radius 1 is 0.943 bits per heavy atom. The number of aliphatic carboxylic acids is 1. The van der Waals surface area contributed by atoms with E-state index in [-0.39, 0.29) is 68.9 Å². The van der Waals surface area contributed by atoms with Gasteiger partial charge in [-0.1, -0.05) is 56.3 Å². The van der Waals surface area contributed by atoms with Crippen molar-refractivity contribution in [1.82, 2.24) is 30.2 Å². The van der Waals surface area contributed by atoms with E-state index in [4.69, 9.17) is 0 Å². The summed E-state index contributed by atoms with van der Waals surface area (Å²) in [5.74, 6) is 0.363. The zero-order chi connectivity index (χ0) is 38.1. The summed E-state index contributed by atoms with van der Waals surface area (Å²) >= 11 is 1.42. The predicted octanol–water partition coefficient (Wildman–Crippen LogP) is -0.265. The van der Waals surface area contributed by atoms with E-state index >= 15 is 0 Å². The number of nitrogens with zero attached hydrogens (tertiary/aromatic N) is 5. The molecule has 53 heavy (non-hydrogen) atoms. The van der Waals surface area contributed by atoms with Gasteiger partial charge in [-0.2, -0.15) is 0 Å². The zero-order valence-electron chi connectivity index (χ0n) is 31.0. The molecular formula is C36H48BrCoN8O6S. The molecule has 2 saturated heterocycles. The fourth-order valence-electron chi connectivity index (χ4n) is 4.97. The summed E-state index contributed by atoms with van der Waals surface area (Å²) in [5, 5.41) is 33.2. The maximum absolute atomic E-state index is 12.3. The van der Waals surface area contributed by atoms with Crippen LogP contribution in [0.3, 0.4) is 0 Å². The molecule has 0 unspecified atom stereocenters. The van der Waals surface area contributed by atoms with Crippen LogP contribution < -0.4 is 32.5 Å². The van der Waals surface area contributed by atoms with Crippen LogP contribution in [-0.2, 0) is 37.6 Å². The van der Waals surface area contributed by atoms with Crippen LogP contribution in [0.25, 0.3) is 0 Å². The molecule has 0 spiro atoms. The van der Waals surface area contributed by atoms with Crippen LogP contribution in [0.2, 0.25) is 0 Å². The fourth-order valence-corrected chi connectivity index (χ4v) is 6.60. The van der Waals surface area contributed by atoms with Crippen LogP contribution in [0.15, 0.2) is 88.8 Å². The van der Waals surface area contributed by atoms with E-state index in [1.54, 1.807) is 38.6 Å². The molecule has 3 aromatic rings. The standard InChI is InChI=1S/C16H18N2O4S.C12H20N2O2.2C4H6N2.BrH.Co/c1-16(2)12(15(21)22)18-13(20)11(14(18)23-16)17-10(19)8-9-6-4-3-5-7-9;1-9(7-11(3)15)13-5-6-14-10(2)8-12(4)16;2*1-4-5-2-3-6-4;;/h3-7,11-12,14H,8H2,1-2H3,(H,17,19)(H,21,22);7-8,15-16H,5-6H2,1-4H3;2*2-3H,1H3,(H,5,6);1H;/q;;;;;+3/p-3/b;11-7-,12-8-,13-9?,14-10?;;;;/t11-,12+,14-;;;;;/m1...../s1. The van der Waals surface area contributed by atoms with Crippen LogP contribution in [0.4, 0.5) is 0 Å². The second kappa shape index (κ2) is 24.2. The average Bonchev–Trinajstić information content (AvgIpc) is 3.78. The minimum absolute atomic E-state index is 0. The molecule has 4 N–H and O–H groups in total. The molecule has 0 aliphatic carbocycles. The first-order valence-electron chi connectivity index (χ1n) is 16.2. The van der Waals surface area contributed by atoms with Crippen molar-refractivity contribution in [2.75, 3.05) is 13.1 Å². The average molecular weight is 860 g/mol. The number of allylic oxidation sites excluding steroid dienone is 4. The molecule has 2 amide bonds. The van der Waals surface area contributed by atoms with Gasteiger partial charge in [0.1, 0.15) is 29.1 Å². The summed E-state index contributed by atoms with van der Waals surface area (Å²) < 4.78 is -0.578. The van der Waals surface area contributed by atoms with Gasteiger partial charge in [0.15, 0.2) is 0 Å². The molecule has 0 saturated carbocycles. The summed E-state index contributed by atoms with van der Waals surface area (Å²) in [4.78, 5) is 59.0. The van der Waals surface area contributed by atoms with Crippen molar-refractivity contribution in [3.63, 3.8) is 0 Å². The molecule has 2 aliphatic heterocycles. The van der Waals surface area contributed by atoms with Gasteiger partial charge < -0.3 is 52.5 Å². The van der Waals surface area contributed by atoms with E-state index < -0.39 is 22.8 Å². The number of aryl methyl sites for hydroxylation is 2. The molecule has 290 valence electrons. The van der Waals surface area contributed by atoms with Gasteiger partial charge >= 0.3 is 22.7 Å². The van der Waals surface area contributed by atoms with Crippen molar-refractivity contribution < 1.29 is 63.5 Å². The second-order valence-corrected chi connectivity index (χ2v) is 14.0. The van der Waals surface area contributed by atoms with E-state index in [1.807, 2.05) is 58.0 Å². The van der Waals surface area contributed by atoms with Crippen molar-refractivity contribution in [2.24, 2.45) is 9.98 Å². The SMILES string of the molecule is CC(/C=C(/C)[O-])=NCCN=C(C)/C=C(/C)[O-].CC1(C)S[C@@H]2[C@H](NC(=O)Cc3ccccc3)C(=O)N2[C@H]1C(=O)O.Cc1ncc[nH]1.Cc1ncc[nH]1.[Br-].[Co+3]. The normalized spacial score (nSPS) is 18.8. The molecule has 5 rings (SSSR count). The van der Waals surface area contributed by atoms with E-state index in [0.29, 0.717) is 24.5 Å². The van der Waals surface area contributed by atoms with Gasteiger partial charge in [-0.05, 0) is 47.1 Å². The number of β-lactam (4-membered cyclic amide) rings is 1. The van der Waals surface area contributed by atoms with Crippen LogP contribution in [0.5, 0.6) is 0 Å². The number of imidazole rings is 2. The van der Waals surface area contributed by atoms with Crippen molar-refractivity contribution in [3.8, 4) is 0 Å². The molecule has 17 heteroatoms. The molecule has 3 atom stereocenters. The molecule has 1 aromatic carbocycles. The number of aromatic nitrogens is 4. The molecule has 2 aromatic heterocycles. The number of carboxylic acid groups (broad SMARTS) is 1. The number of aliphatic imine (C=N–C) groups is 2. The first kappa shape index (κ1) is 48.8. The summed E-state index contributed by atoms with van der Waals surface area (Å²) in [5.41, 5.74) is 2.28. The number of thioether (sulfide) groups is 1. The van der Waals surface area contributed by atoms with Gasteiger partial charge in [-0.3, -0.25) is 19.6 Å². The summed E-state index contributed by atoms with van der Waals surface area (Å²) in [6.45, 7) is 15.0. The van der Waals surface area contributed by atoms with Crippen molar-refractivity contribution in [2.45, 2.75) is 84.0 Å². The Balaban J connectivity index is 0.000000777. The number of carbonyl (C=O) groups is 3.